The molecule has 6 nitrogen and oxygen atoms in total. The van der Waals surface area contributed by atoms with Crippen molar-refractivity contribution in [2.45, 2.75) is 13.0 Å². The number of halogens is 1. The van der Waals surface area contributed by atoms with Crippen LogP contribution >= 0.6 is 22.6 Å². The second-order valence-corrected chi connectivity index (χ2v) is 6.46. The van der Waals surface area contributed by atoms with E-state index in [4.69, 9.17) is 19.9 Å². The van der Waals surface area contributed by atoms with Gasteiger partial charge in [0.2, 0.25) is 5.75 Å². The summed E-state index contributed by atoms with van der Waals surface area (Å²) >= 11 is 2.39. The van der Waals surface area contributed by atoms with E-state index in [0.29, 0.717) is 23.8 Å². The minimum atomic E-state index is 0.577. The Kier molecular flexibility index (Phi) is 8.40. The molecule has 0 saturated carbocycles. The molecule has 0 unspecified atom stereocenters. The largest absolute Gasteiger partial charge is 0.493 e. The van der Waals surface area contributed by atoms with E-state index in [0.717, 1.165) is 35.3 Å². The highest BCUT2D eigenvalue weighted by molar-refractivity contribution is 14.1. The second kappa shape index (κ2) is 10.5. The van der Waals surface area contributed by atoms with Crippen LogP contribution in [0.4, 0.5) is 0 Å². The molecule has 7 heteroatoms. The van der Waals surface area contributed by atoms with E-state index in [9.17, 15) is 0 Å². The fourth-order valence-corrected chi connectivity index (χ4v) is 3.30. The summed E-state index contributed by atoms with van der Waals surface area (Å²) in [5.41, 5.74) is 8.63. The van der Waals surface area contributed by atoms with Crippen LogP contribution in [0.5, 0.6) is 17.2 Å². The molecule has 0 radical (unpaired) electrons. The maximum atomic E-state index is 5.63. The summed E-state index contributed by atoms with van der Waals surface area (Å²) < 4.78 is 17.2. The van der Waals surface area contributed by atoms with Crippen LogP contribution in [-0.2, 0) is 6.54 Å². The molecule has 2 N–H and O–H groups in total. The van der Waals surface area contributed by atoms with Gasteiger partial charge in [0.25, 0.3) is 0 Å². The van der Waals surface area contributed by atoms with Crippen LogP contribution in [0.3, 0.4) is 0 Å². The van der Waals surface area contributed by atoms with Crippen LogP contribution < -0.4 is 19.9 Å². The number of pyridine rings is 1. The van der Waals surface area contributed by atoms with Crippen LogP contribution in [0.25, 0.3) is 11.3 Å². The van der Waals surface area contributed by atoms with Crippen LogP contribution in [0.1, 0.15) is 12.0 Å². The molecule has 2 rings (SSSR count). The maximum absolute atomic E-state index is 5.63. The summed E-state index contributed by atoms with van der Waals surface area (Å²) in [5.74, 6) is 1.81. The monoisotopic (exact) mass is 471 g/mol. The summed E-state index contributed by atoms with van der Waals surface area (Å²) in [4.78, 5) is 6.88. The third-order valence-electron chi connectivity index (χ3n) is 4.04. The Labute approximate surface area is 168 Å². The van der Waals surface area contributed by atoms with Gasteiger partial charge in [0, 0.05) is 24.8 Å². The fraction of sp³-hybridized carbons (Fsp3) is 0.421. The first-order valence-corrected chi connectivity index (χ1v) is 9.93. The zero-order chi connectivity index (χ0) is 18.9. The predicted octanol–water partition coefficient (Wildman–Crippen LogP) is 3.32. The van der Waals surface area contributed by atoms with Gasteiger partial charge < -0.3 is 19.9 Å². The number of aromatic nitrogens is 1. The van der Waals surface area contributed by atoms with Gasteiger partial charge in [0.1, 0.15) is 0 Å². The smallest absolute Gasteiger partial charge is 0.203 e. The number of nitrogens with zero attached hydrogens (tertiary/aromatic N) is 2. The number of hydrogen-bond donors (Lipinski definition) is 1. The number of hydrogen-bond acceptors (Lipinski definition) is 6. The van der Waals surface area contributed by atoms with Crippen LogP contribution in [0.15, 0.2) is 30.5 Å². The summed E-state index contributed by atoms with van der Waals surface area (Å²) in [6, 6.07) is 7.97. The molecule has 26 heavy (non-hydrogen) atoms. The molecule has 0 bridgehead atoms. The molecule has 0 fully saturated rings. The summed E-state index contributed by atoms with van der Waals surface area (Å²) in [5, 5.41) is 0. The summed E-state index contributed by atoms with van der Waals surface area (Å²) in [6.45, 7) is 2.56. The lowest BCUT2D eigenvalue weighted by Gasteiger charge is -2.19. The Morgan fingerprint density at radius 2 is 1.77 bits per heavy atom. The molecule has 142 valence electrons. The van der Waals surface area contributed by atoms with Crippen molar-refractivity contribution < 1.29 is 14.2 Å². The van der Waals surface area contributed by atoms with Gasteiger partial charge in [-0.3, -0.25) is 9.88 Å². The molecule has 0 spiro atoms. The lowest BCUT2D eigenvalue weighted by molar-refractivity contribution is 0.317. The first-order valence-electron chi connectivity index (χ1n) is 8.40. The Morgan fingerprint density at radius 3 is 2.31 bits per heavy atom. The van der Waals surface area contributed by atoms with Crippen molar-refractivity contribution in [2.24, 2.45) is 5.73 Å². The highest BCUT2D eigenvalue weighted by Crippen LogP contribution is 2.40. The average Bonchev–Trinajstić information content (AvgIpc) is 2.69. The molecule has 2 aromatic rings. The topological polar surface area (TPSA) is 69.8 Å². The molecule has 1 aromatic carbocycles. The standard InChI is InChI=1S/C19H26IN3O3/c1-24-17-10-15(11-18(25-2)19(17)26-3)16-9-14(5-7-22-16)12-23(13-20)8-4-6-21/h5,7,9-11H,4,6,8,12-13,21H2,1-3H3. The normalized spacial score (nSPS) is 10.8. The first kappa shape index (κ1) is 20.7. The van der Waals surface area contributed by atoms with Gasteiger partial charge >= 0.3 is 0 Å². The molecule has 0 aliphatic rings. The van der Waals surface area contributed by atoms with Crippen molar-refractivity contribution in [1.29, 1.82) is 0 Å². The van der Waals surface area contributed by atoms with Gasteiger partial charge in [-0.05, 0) is 42.8 Å². The van der Waals surface area contributed by atoms with E-state index >= 15 is 0 Å². The van der Waals surface area contributed by atoms with Gasteiger partial charge in [-0.2, -0.15) is 0 Å². The number of methoxy groups -OCH3 is 3. The number of nitrogens with two attached hydrogens (primary N) is 1. The third-order valence-corrected chi connectivity index (χ3v) is 5.00. The zero-order valence-electron chi connectivity index (χ0n) is 15.5. The van der Waals surface area contributed by atoms with Crippen molar-refractivity contribution in [3.05, 3.63) is 36.0 Å². The van der Waals surface area contributed by atoms with E-state index in [1.165, 1.54) is 5.56 Å². The molecule has 0 amide bonds. The summed E-state index contributed by atoms with van der Waals surface area (Å²) in [6.07, 6.45) is 2.83. The molecular formula is C19H26IN3O3. The van der Waals surface area contributed by atoms with E-state index in [1.54, 1.807) is 21.3 Å². The average molecular weight is 471 g/mol. The number of alkyl halides is 1. The van der Waals surface area contributed by atoms with Crippen molar-refractivity contribution in [2.75, 3.05) is 39.0 Å². The van der Waals surface area contributed by atoms with Gasteiger partial charge in [0.05, 0.1) is 31.6 Å². The summed E-state index contributed by atoms with van der Waals surface area (Å²) in [7, 11) is 4.82. The molecule has 1 aromatic heterocycles. The Hall–Kier alpha value is -1.58. The predicted molar refractivity (Wildman–Crippen MR) is 112 cm³/mol. The lowest BCUT2D eigenvalue weighted by Crippen LogP contribution is -2.24. The fourth-order valence-electron chi connectivity index (χ4n) is 2.71. The van der Waals surface area contributed by atoms with E-state index in [-0.39, 0.29) is 0 Å². The van der Waals surface area contributed by atoms with Crippen LogP contribution in [-0.4, -0.2) is 48.9 Å². The van der Waals surface area contributed by atoms with Gasteiger partial charge in [-0.15, -0.1) is 0 Å². The third kappa shape index (κ3) is 5.21. The van der Waals surface area contributed by atoms with E-state index in [2.05, 4.69) is 38.5 Å². The molecule has 0 aliphatic carbocycles. The lowest BCUT2D eigenvalue weighted by atomic mass is 10.1. The first-order chi connectivity index (χ1) is 12.7. The van der Waals surface area contributed by atoms with Crippen molar-refractivity contribution >= 4 is 22.6 Å². The van der Waals surface area contributed by atoms with Crippen molar-refractivity contribution in [3.8, 4) is 28.5 Å². The van der Waals surface area contributed by atoms with Gasteiger partial charge in [-0.25, -0.2) is 0 Å². The number of ether oxygens (including phenoxy) is 3. The highest BCUT2D eigenvalue weighted by atomic mass is 127. The molecular weight excluding hydrogens is 445 g/mol. The highest BCUT2D eigenvalue weighted by Gasteiger charge is 2.15. The molecule has 0 aliphatic heterocycles. The molecule has 0 saturated heterocycles. The van der Waals surface area contributed by atoms with Crippen LogP contribution in [0.2, 0.25) is 0 Å². The minimum absolute atomic E-state index is 0.577. The second-order valence-electron chi connectivity index (χ2n) is 5.78. The van der Waals surface area contributed by atoms with E-state index < -0.39 is 0 Å². The van der Waals surface area contributed by atoms with Crippen molar-refractivity contribution in [3.63, 3.8) is 0 Å². The maximum Gasteiger partial charge on any atom is 0.203 e. The number of benzene rings is 1. The van der Waals surface area contributed by atoms with Gasteiger partial charge in [-0.1, -0.05) is 22.6 Å². The Morgan fingerprint density at radius 1 is 1.08 bits per heavy atom. The van der Waals surface area contributed by atoms with Crippen molar-refractivity contribution in [1.82, 2.24) is 9.88 Å². The van der Waals surface area contributed by atoms with Gasteiger partial charge in [0.15, 0.2) is 11.5 Å². The number of rotatable bonds is 10. The Bertz CT molecular complexity index is 687. The quantitative estimate of drug-likeness (QED) is 0.326. The molecule has 0 atom stereocenters. The Balaban J connectivity index is 2.32. The van der Waals surface area contributed by atoms with Crippen LogP contribution in [0, 0.1) is 0 Å². The zero-order valence-corrected chi connectivity index (χ0v) is 17.7. The minimum Gasteiger partial charge on any atom is -0.493 e. The van der Waals surface area contributed by atoms with E-state index in [1.807, 2.05) is 24.4 Å². The molecule has 1 heterocycles. The SMILES string of the molecule is COc1cc(-c2cc(CN(CI)CCCN)ccn2)cc(OC)c1OC.